The highest BCUT2D eigenvalue weighted by Crippen LogP contribution is 2.24. The van der Waals surface area contributed by atoms with Gasteiger partial charge in [-0.2, -0.15) is 0 Å². The molecule has 0 aliphatic heterocycles. The molecular weight excluding hydrogens is 302 g/mol. The molecule has 4 nitrogen and oxygen atoms in total. The van der Waals surface area contributed by atoms with E-state index in [0.29, 0.717) is 19.6 Å². The van der Waals surface area contributed by atoms with Gasteiger partial charge < -0.3 is 15.3 Å². The summed E-state index contributed by atoms with van der Waals surface area (Å²) in [4.78, 5) is 2.00. The number of unbranched alkanes of at least 4 members (excludes halogenated alkanes) is 8. The molecule has 3 N–H and O–H groups in total. The Kier molecular flexibility index (Phi) is 16.2. The first kappa shape index (κ1) is 23.8. The third-order valence-corrected chi connectivity index (χ3v) is 4.84. The van der Waals surface area contributed by atoms with Gasteiger partial charge in [0.25, 0.3) is 0 Å². The third-order valence-electron chi connectivity index (χ3n) is 4.84. The Morgan fingerprint density at radius 3 is 1.54 bits per heavy atom. The zero-order valence-electron chi connectivity index (χ0n) is 16.3. The zero-order chi connectivity index (χ0) is 18.1. The summed E-state index contributed by atoms with van der Waals surface area (Å²) in [5.74, 6) is 0. The molecule has 0 aliphatic rings. The van der Waals surface area contributed by atoms with Crippen LogP contribution in [0.25, 0.3) is 0 Å². The van der Waals surface area contributed by atoms with Crippen molar-refractivity contribution in [3.05, 3.63) is 0 Å². The van der Waals surface area contributed by atoms with E-state index in [9.17, 15) is 15.3 Å². The highest BCUT2D eigenvalue weighted by molar-refractivity contribution is 4.83. The molecule has 0 radical (unpaired) electrons. The maximum atomic E-state index is 11.1. The maximum Gasteiger partial charge on any atom is 0.0774 e. The predicted octanol–water partition coefficient (Wildman–Crippen LogP) is 3.73. The summed E-state index contributed by atoms with van der Waals surface area (Å²) >= 11 is 0. The molecule has 0 aromatic rings. The van der Waals surface area contributed by atoms with Crippen LogP contribution in [0.4, 0.5) is 0 Å². The monoisotopic (exact) mass is 345 g/mol. The average molecular weight is 346 g/mol. The number of aliphatic hydroxyl groups excluding tert-OH is 2. The second-order valence-electron chi connectivity index (χ2n) is 7.28. The summed E-state index contributed by atoms with van der Waals surface area (Å²) in [5.41, 5.74) is -0.678. The van der Waals surface area contributed by atoms with E-state index in [2.05, 4.69) is 13.8 Å². The van der Waals surface area contributed by atoms with E-state index in [1.807, 2.05) is 4.90 Å². The van der Waals surface area contributed by atoms with Gasteiger partial charge in [-0.3, -0.25) is 4.90 Å². The lowest BCUT2D eigenvalue weighted by Gasteiger charge is -2.34. The SMILES string of the molecule is CCCCCCCCC(O)(CCCCCC)CN(CCO)CCO. The topological polar surface area (TPSA) is 63.9 Å². The third kappa shape index (κ3) is 13.2. The zero-order valence-corrected chi connectivity index (χ0v) is 16.3. The van der Waals surface area contributed by atoms with Crippen LogP contribution in [0, 0.1) is 0 Å². The fraction of sp³-hybridized carbons (Fsp3) is 1.00. The molecule has 0 heterocycles. The van der Waals surface area contributed by atoms with Gasteiger partial charge >= 0.3 is 0 Å². The molecule has 24 heavy (non-hydrogen) atoms. The van der Waals surface area contributed by atoms with Crippen molar-refractivity contribution >= 4 is 0 Å². The Balaban J connectivity index is 4.38. The standard InChI is InChI=1S/C20H43NO3/c1-3-5-7-9-10-12-14-20(24,13-11-8-6-4-2)19-21(15-17-22)16-18-23/h22-24H,3-19H2,1-2H3. The van der Waals surface area contributed by atoms with E-state index in [0.717, 1.165) is 25.7 Å². The number of nitrogens with zero attached hydrogens (tertiary/aromatic N) is 1. The predicted molar refractivity (Wildman–Crippen MR) is 102 cm³/mol. The smallest absolute Gasteiger partial charge is 0.0774 e. The van der Waals surface area contributed by atoms with Gasteiger partial charge in [0, 0.05) is 19.6 Å². The van der Waals surface area contributed by atoms with Crippen molar-refractivity contribution in [3.8, 4) is 0 Å². The first-order valence-corrected chi connectivity index (χ1v) is 10.3. The number of hydrogen-bond acceptors (Lipinski definition) is 4. The minimum Gasteiger partial charge on any atom is -0.395 e. The Hall–Kier alpha value is -0.160. The first-order chi connectivity index (χ1) is 11.6. The van der Waals surface area contributed by atoms with Crippen molar-refractivity contribution in [2.45, 2.75) is 96.5 Å². The van der Waals surface area contributed by atoms with Crippen LogP contribution in [-0.4, -0.2) is 58.7 Å². The average Bonchev–Trinajstić information content (AvgIpc) is 2.55. The van der Waals surface area contributed by atoms with Crippen LogP contribution < -0.4 is 0 Å². The van der Waals surface area contributed by atoms with Gasteiger partial charge in [-0.05, 0) is 12.8 Å². The van der Waals surface area contributed by atoms with Crippen LogP contribution in [-0.2, 0) is 0 Å². The molecule has 0 aromatic carbocycles. The van der Waals surface area contributed by atoms with Gasteiger partial charge in [0.2, 0.25) is 0 Å². The fourth-order valence-corrected chi connectivity index (χ4v) is 3.37. The molecule has 1 unspecified atom stereocenters. The van der Waals surface area contributed by atoms with Crippen molar-refractivity contribution in [1.82, 2.24) is 4.90 Å². The summed E-state index contributed by atoms with van der Waals surface area (Å²) in [7, 11) is 0. The van der Waals surface area contributed by atoms with Crippen molar-refractivity contribution in [2.75, 3.05) is 32.8 Å². The van der Waals surface area contributed by atoms with Gasteiger partial charge in [-0.25, -0.2) is 0 Å². The van der Waals surface area contributed by atoms with Gasteiger partial charge in [-0.1, -0.05) is 78.1 Å². The molecule has 146 valence electrons. The van der Waals surface area contributed by atoms with Gasteiger partial charge in [-0.15, -0.1) is 0 Å². The Bertz CT molecular complexity index is 257. The normalized spacial score (nSPS) is 14.2. The highest BCUT2D eigenvalue weighted by atomic mass is 16.3. The molecule has 1 atom stereocenters. The minimum absolute atomic E-state index is 0.0724. The summed E-state index contributed by atoms with van der Waals surface area (Å²) < 4.78 is 0. The molecule has 0 aromatic heterocycles. The fourth-order valence-electron chi connectivity index (χ4n) is 3.37. The van der Waals surface area contributed by atoms with E-state index < -0.39 is 5.60 Å². The van der Waals surface area contributed by atoms with Crippen LogP contribution >= 0.6 is 0 Å². The molecule has 0 saturated carbocycles. The second-order valence-corrected chi connectivity index (χ2v) is 7.28. The van der Waals surface area contributed by atoms with Crippen LogP contribution in [0.2, 0.25) is 0 Å². The lowest BCUT2D eigenvalue weighted by Crippen LogP contribution is -2.45. The second kappa shape index (κ2) is 16.3. The van der Waals surface area contributed by atoms with Crippen molar-refractivity contribution in [2.24, 2.45) is 0 Å². The molecule has 0 spiro atoms. The van der Waals surface area contributed by atoms with Gasteiger partial charge in [0.15, 0.2) is 0 Å². The van der Waals surface area contributed by atoms with E-state index in [1.54, 1.807) is 0 Å². The molecular formula is C20H43NO3. The largest absolute Gasteiger partial charge is 0.395 e. The van der Waals surface area contributed by atoms with Crippen LogP contribution in [0.1, 0.15) is 90.9 Å². The quantitative estimate of drug-likeness (QED) is 0.331. The molecule has 0 fully saturated rings. The number of rotatable bonds is 18. The molecule has 0 rings (SSSR count). The van der Waals surface area contributed by atoms with E-state index in [4.69, 9.17) is 0 Å². The summed E-state index contributed by atoms with van der Waals surface area (Å²) in [6.45, 7) is 6.18. The first-order valence-electron chi connectivity index (χ1n) is 10.3. The van der Waals surface area contributed by atoms with Gasteiger partial charge in [0.1, 0.15) is 0 Å². The van der Waals surface area contributed by atoms with Crippen molar-refractivity contribution in [1.29, 1.82) is 0 Å². The van der Waals surface area contributed by atoms with E-state index in [1.165, 1.54) is 51.4 Å². The Morgan fingerprint density at radius 1 is 0.667 bits per heavy atom. The number of aliphatic hydroxyl groups is 3. The van der Waals surface area contributed by atoms with Crippen LogP contribution in [0.3, 0.4) is 0 Å². The van der Waals surface area contributed by atoms with Crippen LogP contribution in [0.5, 0.6) is 0 Å². The summed E-state index contributed by atoms with van der Waals surface area (Å²) in [6, 6.07) is 0. The van der Waals surface area contributed by atoms with Crippen molar-refractivity contribution < 1.29 is 15.3 Å². The molecule has 0 saturated heterocycles. The Morgan fingerprint density at radius 2 is 1.08 bits per heavy atom. The minimum atomic E-state index is -0.678. The highest BCUT2D eigenvalue weighted by Gasteiger charge is 2.28. The molecule has 0 amide bonds. The molecule has 0 aliphatic carbocycles. The van der Waals surface area contributed by atoms with E-state index in [-0.39, 0.29) is 13.2 Å². The maximum absolute atomic E-state index is 11.1. The number of hydrogen-bond donors (Lipinski definition) is 3. The van der Waals surface area contributed by atoms with Crippen molar-refractivity contribution in [3.63, 3.8) is 0 Å². The van der Waals surface area contributed by atoms with Crippen LogP contribution in [0.15, 0.2) is 0 Å². The van der Waals surface area contributed by atoms with Gasteiger partial charge in [0.05, 0.1) is 18.8 Å². The summed E-state index contributed by atoms with van der Waals surface area (Å²) in [5, 5.41) is 29.5. The molecule has 4 heteroatoms. The lowest BCUT2D eigenvalue weighted by atomic mass is 9.89. The van der Waals surface area contributed by atoms with E-state index >= 15 is 0 Å². The molecule has 0 bridgehead atoms. The lowest BCUT2D eigenvalue weighted by molar-refractivity contribution is -0.0209. The Labute approximate surface area is 150 Å². The summed E-state index contributed by atoms with van der Waals surface area (Å²) in [6.07, 6.45) is 13.7.